The molecule has 0 aliphatic rings. The van der Waals surface area contributed by atoms with Gasteiger partial charge in [0.05, 0.1) is 5.71 Å². The summed E-state index contributed by atoms with van der Waals surface area (Å²) in [6.07, 6.45) is 16.7. The van der Waals surface area contributed by atoms with Gasteiger partial charge in [0.2, 0.25) is 0 Å². The Hall–Kier alpha value is -4.03. The van der Waals surface area contributed by atoms with E-state index in [1.807, 2.05) is 77.1 Å². The maximum absolute atomic E-state index is 12.6. The lowest BCUT2D eigenvalue weighted by atomic mass is 9.92. The van der Waals surface area contributed by atoms with Crippen LogP contribution in [0.25, 0.3) is 17.7 Å². The molecule has 0 atom stereocenters. The number of Topliss-reactive ketones (excluding diaryl/α,β-unsaturated/α-hetero) is 1. The molecule has 0 aliphatic heterocycles. The summed E-state index contributed by atoms with van der Waals surface area (Å²) in [7, 11) is 0. The van der Waals surface area contributed by atoms with E-state index in [1.165, 1.54) is 5.56 Å². The number of hydrogen-bond donors (Lipinski definition) is 1. The minimum absolute atomic E-state index is 0. The molecule has 0 saturated carbocycles. The number of hydrogen-bond acceptors (Lipinski definition) is 3. The molecule has 0 unspecified atom stereocenters. The van der Waals surface area contributed by atoms with E-state index in [-0.39, 0.29) is 7.21 Å². The number of nitrogens with zero attached hydrogens (tertiary/aromatic N) is 1. The number of carbonyl (C=O) groups is 1. The number of rotatable bonds is 8. The molecule has 194 valence electrons. The van der Waals surface area contributed by atoms with Crippen LogP contribution in [0.3, 0.4) is 0 Å². The van der Waals surface area contributed by atoms with Crippen molar-refractivity contribution in [3.8, 4) is 12.3 Å². The third kappa shape index (κ3) is 9.17. The second-order valence-electron chi connectivity index (χ2n) is 7.99. The summed E-state index contributed by atoms with van der Waals surface area (Å²) in [5, 5.41) is 8.46. The van der Waals surface area contributed by atoms with Crippen LogP contribution in [0, 0.1) is 24.7 Å². The number of benzene rings is 2. The average Bonchev–Trinajstić information content (AvgIpc) is 2.94. The molecule has 2 aromatic carbocycles. The van der Waals surface area contributed by atoms with Crippen molar-refractivity contribution in [2.45, 2.75) is 61.3 Å². The van der Waals surface area contributed by atoms with Crippen molar-refractivity contribution < 1.29 is 6.22 Å². The lowest BCUT2D eigenvalue weighted by Gasteiger charge is -2.12. The molecule has 1 N–H and O–H groups in total. The number of terminal acetylenes is 1. The van der Waals surface area contributed by atoms with E-state index in [0.717, 1.165) is 35.1 Å². The average molecular weight is 495 g/mol. The standard InChI is InChI=1S/C30H28N2O.2C2H6.H2/c1-5-7-24-9-8-21(3)28(19-24)29(22(4)33)20-25-10-12-27(26(6-2)18-25)30(31)13-11-23-14-16-32-17-15-23;2*1-2;/h2,8-20,31H,5,7H2,1,3-4H3;2*1-2H3;1H/b13-11+,29-20-,31-30?;;;. The fourth-order valence-electron chi connectivity index (χ4n) is 3.69. The van der Waals surface area contributed by atoms with Crippen LogP contribution >= 0.6 is 0 Å². The number of ketones is 1. The first kappa shape index (κ1) is 31.0. The smallest absolute Gasteiger partial charge is 0.160 e. The van der Waals surface area contributed by atoms with Crippen LogP contribution < -0.4 is 0 Å². The fourth-order valence-corrected chi connectivity index (χ4v) is 3.69. The van der Waals surface area contributed by atoms with Crippen molar-refractivity contribution in [1.29, 1.82) is 5.41 Å². The van der Waals surface area contributed by atoms with Gasteiger partial charge in [0.1, 0.15) is 0 Å². The SMILES string of the molecule is C#Cc1cc(/C=C(/C(C)=O)c2cc(CCC)ccc2C)ccc1C(=N)/C=C/c1ccncc1.CC.CC.[HH]. The van der Waals surface area contributed by atoms with E-state index >= 15 is 0 Å². The summed E-state index contributed by atoms with van der Waals surface area (Å²) in [5.74, 6) is 2.70. The maximum Gasteiger partial charge on any atom is 0.160 e. The molecule has 37 heavy (non-hydrogen) atoms. The number of aromatic nitrogens is 1. The van der Waals surface area contributed by atoms with Crippen LogP contribution in [0.1, 0.15) is 88.3 Å². The Morgan fingerprint density at radius 1 is 1.00 bits per heavy atom. The van der Waals surface area contributed by atoms with Gasteiger partial charge in [-0.25, -0.2) is 0 Å². The van der Waals surface area contributed by atoms with Gasteiger partial charge in [0, 0.05) is 30.5 Å². The van der Waals surface area contributed by atoms with E-state index in [4.69, 9.17) is 11.8 Å². The number of allylic oxidation sites excluding steroid dienone is 2. The summed E-state index contributed by atoms with van der Waals surface area (Å²) in [5.41, 5.74) is 7.31. The summed E-state index contributed by atoms with van der Waals surface area (Å²) >= 11 is 0. The van der Waals surface area contributed by atoms with Gasteiger partial charge in [-0.2, -0.15) is 0 Å². The zero-order valence-corrected chi connectivity index (χ0v) is 23.4. The normalized spacial score (nSPS) is 10.5. The van der Waals surface area contributed by atoms with Gasteiger partial charge in [0.25, 0.3) is 0 Å². The van der Waals surface area contributed by atoms with Crippen molar-refractivity contribution >= 4 is 29.2 Å². The highest BCUT2D eigenvalue weighted by Gasteiger charge is 2.12. The monoisotopic (exact) mass is 494 g/mol. The molecule has 3 aromatic rings. The van der Waals surface area contributed by atoms with Crippen molar-refractivity contribution in [1.82, 2.24) is 4.98 Å². The Bertz CT molecular complexity index is 1280. The molecule has 0 aliphatic carbocycles. The molecule has 3 heteroatoms. The predicted octanol–water partition coefficient (Wildman–Crippen LogP) is 8.83. The molecule has 0 radical (unpaired) electrons. The molecular weight excluding hydrogens is 452 g/mol. The first-order valence-corrected chi connectivity index (χ1v) is 13.0. The minimum Gasteiger partial charge on any atom is -0.300 e. The number of nitrogens with one attached hydrogen (secondary N) is 1. The van der Waals surface area contributed by atoms with E-state index in [2.05, 4.69) is 36.0 Å². The minimum atomic E-state index is 0. The molecule has 1 aromatic heterocycles. The zero-order chi connectivity index (χ0) is 27.8. The summed E-state index contributed by atoms with van der Waals surface area (Å²) in [6, 6.07) is 15.7. The molecule has 0 fully saturated rings. The van der Waals surface area contributed by atoms with Crippen LogP contribution in [0.4, 0.5) is 0 Å². The molecule has 0 spiro atoms. The molecule has 3 nitrogen and oxygen atoms in total. The molecule has 0 bridgehead atoms. The number of aryl methyl sites for hydroxylation is 2. The third-order valence-corrected chi connectivity index (χ3v) is 5.46. The largest absolute Gasteiger partial charge is 0.300 e. The highest BCUT2D eigenvalue weighted by atomic mass is 16.1. The van der Waals surface area contributed by atoms with Gasteiger partial charge < -0.3 is 5.41 Å². The van der Waals surface area contributed by atoms with Crippen LogP contribution in [-0.4, -0.2) is 16.5 Å². The lowest BCUT2D eigenvalue weighted by molar-refractivity contribution is -0.111. The van der Waals surface area contributed by atoms with Gasteiger partial charge >= 0.3 is 0 Å². The van der Waals surface area contributed by atoms with Crippen molar-refractivity contribution in [3.63, 3.8) is 0 Å². The first-order chi connectivity index (χ1) is 17.9. The Morgan fingerprint density at radius 2 is 1.68 bits per heavy atom. The Balaban J connectivity index is 0.00000261. The summed E-state index contributed by atoms with van der Waals surface area (Å²) in [4.78, 5) is 16.6. The fraction of sp³-hybridized carbons (Fsp3) is 0.265. The highest BCUT2D eigenvalue weighted by Crippen LogP contribution is 2.26. The molecular formula is C34H42N2O. The van der Waals surface area contributed by atoms with E-state index in [0.29, 0.717) is 22.4 Å². The Kier molecular flexibility index (Phi) is 13.9. The van der Waals surface area contributed by atoms with Gasteiger partial charge in [-0.15, -0.1) is 6.42 Å². The highest BCUT2D eigenvalue weighted by molar-refractivity contribution is 6.24. The number of carbonyl (C=O) groups excluding carboxylic acids is 1. The van der Waals surface area contributed by atoms with Gasteiger partial charge in [-0.05, 0) is 78.4 Å². The van der Waals surface area contributed by atoms with Crippen molar-refractivity contribution in [3.05, 3.63) is 106 Å². The second kappa shape index (κ2) is 16.6. The molecule has 0 amide bonds. The predicted molar refractivity (Wildman–Crippen MR) is 163 cm³/mol. The molecule has 0 saturated heterocycles. The van der Waals surface area contributed by atoms with Crippen LogP contribution in [-0.2, 0) is 11.2 Å². The Labute approximate surface area is 225 Å². The second-order valence-corrected chi connectivity index (χ2v) is 7.99. The Morgan fingerprint density at radius 3 is 2.27 bits per heavy atom. The zero-order valence-electron chi connectivity index (χ0n) is 23.4. The topological polar surface area (TPSA) is 53.8 Å². The van der Waals surface area contributed by atoms with Gasteiger partial charge in [0.15, 0.2) is 5.78 Å². The van der Waals surface area contributed by atoms with Crippen LogP contribution in [0.2, 0.25) is 0 Å². The van der Waals surface area contributed by atoms with Crippen LogP contribution in [0.15, 0.2) is 67.0 Å². The first-order valence-electron chi connectivity index (χ1n) is 13.0. The van der Waals surface area contributed by atoms with E-state index < -0.39 is 0 Å². The van der Waals surface area contributed by atoms with E-state index in [9.17, 15) is 4.79 Å². The van der Waals surface area contributed by atoms with Gasteiger partial charge in [-0.3, -0.25) is 9.78 Å². The summed E-state index contributed by atoms with van der Waals surface area (Å²) in [6.45, 7) is 13.8. The van der Waals surface area contributed by atoms with Crippen molar-refractivity contribution in [2.24, 2.45) is 0 Å². The summed E-state index contributed by atoms with van der Waals surface area (Å²) < 4.78 is 0. The lowest BCUT2D eigenvalue weighted by Crippen LogP contribution is -2.01. The number of pyridine rings is 1. The van der Waals surface area contributed by atoms with E-state index in [1.54, 1.807) is 25.4 Å². The quantitative estimate of drug-likeness (QED) is 0.147. The van der Waals surface area contributed by atoms with Crippen molar-refractivity contribution in [2.75, 3.05) is 0 Å². The maximum atomic E-state index is 12.6. The van der Waals surface area contributed by atoms with Crippen LogP contribution in [0.5, 0.6) is 0 Å². The molecule has 1 heterocycles. The third-order valence-electron chi connectivity index (χ3n) is 5.46. The molecule has 3 rings (SSSR count). The van der Waals surface area contributed by atoms with Gasteiger partial charge in [-0.1, -0.05) is 83.4 Å².